The first-order chi connectivity index (χ1) is 13.3. The minimum atomic E-state index is 0.162. The number of carbonyl (C=O) groups excluding carboxylic acids is 1. The zero-order valence-electron chi connectivity index (χ0n) is 17.7. The van der Waals surface area contributed by atoms with Crippen molar-refractivity contribution in [2.24, 2.45) is 0 Å². The van der Waals surface area contributed by atoms with Gasteiger partial charge in [-0.05, 0) is 47.7 Å². The Morgan fingerprint density at radius 1 is 1.00 bits per heavy atom. The predicted molar refractivity (Wildman–Crippen MR) is 118 cm³/mol. The molecule has 4 nitrogen and oxygen atoms in total. The number of amides is 1. The number of benzene rings is 2. The Balaban J connectivity index is 1.42. The lowest BCUT2D eigenvalue weighted by Crippen LogP contribution is -2.49. The maximum absolute atomic E-state index is 12.5. The second kappa shape index (κ2) is 8.68. The average molecular weight is 380 g/mol. The van der Waals surface area contributed by atoms with Gasteiger partial charge in [-0.25, -0.2) is 0 Å². The Morgan fingerprint density at radius 3 is 2.29 bits per heavy atom. The summed E-state index contributed by atoms with van der Waals surface area (Å²) in [5, 5.41) is 3.38. The maximum Gasteiger partial charge on any atom is 0.224 e. The Hall–Kier alpha value is -2.49. The highest BCUT2D eigenvalue weighted by molar-refractivity contribution is 5.77. The highest BCUT2D eigenvalue weighted by atomic mass is 16.2. The molecule has 3 rings (SSSR count). The monoisotopic (exact) mass is 379 g/mol. The molecule has 1 aliphatic heterocycles. The average Bonchev–Trinajstić information content (AvgIpc) is 2.68. The van der Waals surface area contributed by atoms with Crippen LogP contribution in [-0.2, 0) is 10.2 Å². The molecule has 0 radical (unpaired) electrons. The minimum absolute atomic E-state index is 0.162. The summed E-state index contributed by atoms with van der Waals surface area (Å²) in [5.41, 5.74) is 5.09. The number of carbonyl (C=O) groups is 1. The fourth-order valence-corrected chi connectivity index (χ4v) is 3.60. The van der Waals surface area contributed by atoms with Gasteiger partial charge in [0, 0.05) is 50.5 Å². The molecule has 2 aromatic rings. The SMILES string of the molecule is Cc1cccc(N2CCN(C(=O)CCNc3ccc(C(C)(C)C)cc3)CC2)c1. The highest BCUT2D eigenvalue weighted by Gasteiger charge is 2.21. The van der Waals surface area contributed by atoms with Gasteiger partial charge in [-0.15, -0.1) is 0 Å². The summed E-state index contributed by atoms with van der Waals surface area (Å²) in [6.07, 6.45) is 0.533. The Bertz CT molecular complexity index is 784. The largest absolute Gasteiger partial charge is 0.385 e. The molecule has 1 heterocycles. The summed E-state index contributed by atoms with van der Waals surface area (Å²) < 4.78 is 0. The third-order valence-electron chi connectivity index (χ3n) is 5.42. The summed E-state index contributed by atoms with van der Waals surface area (Å²) >= 11 is 0. The molecule has 1 aliphatic rings. The van der Waals surface area contributed by atoms with E-state index in [4.69, 9.17) is 0 Å². The van der Waals surface area contributed by atoms with E-state index in [1.54, 1.807) is 0 Å². The molecule has 0 saturated carbocycles. The van der Waals surface area contributed by atoms with Crippen molar-refractivity contribution in [2.45, 2.75) is 39.5 Å². The van der Waals surface area contributed by atoms with Crippen LogP contribution in [0.5, 0.6) is 0 Å². The van der Waals surface area contributed by atoms with E-state index in [-0.39, 0.29) is 11.3 Å². The fraction of sp³-hybridized carbons (Fsp3) is 0.458. The number of hydrogen-bond donors (Lipinski definition) is 1. The predicted octanol–water partition coefficient (Wildman–Crippen LogP) is 4.44. The van der Waals surface area contributed by atoms with E-state index in [1.165, 1.54) is 16.8 Å². The van der Waals surface area contributed by atoms with Crippen molar-refractivity contribution in [3.8, 4) is 0 Å². The highest BCUT2D eigenvalue weighted by Crippen LogP contribution is 2.23. The van der Waals surface area contributed by atoms with Gasteiger partial charge in [0.05, 0.1) is 0 Å². The zero-order valence-corrected chi connectivity index (χ0v) is 17.7. The van der Waals surface area contributed by atoms with E-state index in [0.29, 0.717) is 13.0 Å². The molecule has 4 heteroatoms. The summed E-state index contributed by atoms with van der Waals surface area (Å²) in [7, 11) is 0. The second-order valence-electron chi connectivity index (χ2n) is 8.71. The quantitative estimate of drug-likeness (QED) is 0.834. The minimum Gasteiger partial charge on any atom is -0.385 e. The van der Waals surface area contributed by atoms with Gasteiger partial charge in [0.15, 0.2) is 0 Å². The number of aryl methyl sites for hydroxylation is 1. The van der Waals surface area contributed by atoms with E-state index in [2.05, 4.69) is 86.4 Å². The molecule has 28 heavy (non-hydrogen) atoms. The molecule has 0 unspecified atom stereocenters. The molecule has 0 atom stereocenters. The summed E-state index contributed by atoms with van der Waals surface area (Å²) in [5.74, 6) is 0.239. The molecule has 0 aromatic heterocycles. The lowest BCUT2D eigenvalue weighted by atomic mass is 9.87. The van der Waals surface area contributed by atoms with Crippen LogP contribution in [0.25, 0.3) is 0 Å². The number of nitrogens with zero attached hydrogens (tertiary/aromatic N) is 2. The van der Waals surface area contributed by atoms with Gasteiger partial charge in [0.1, 0.15) is 0 Å². The lowest BCUT2D eigenvalue weighted by Gasteiger charge is -2.36. The van der Waals surface area contributed by atoms with Gasteiger partial charge < -0.3 is 15.1 Å². The maximum atomic E-state index is 12.5. The van der Waals surface area contributed by atoms with Gasteiger partial charge in [0.25, 0.3) is 0 Å². The van der Waals surface area contributed by atoms with Gasteiger partial charge in [-0.2, -0.15) is 0 Å². The molecule has 1 fully saturated rings. The Morgan fingerprint density at radius 2 is 1.68 bits per heavy atom. The Kier molecular flexibility index (Phi) is 6.28. The van der Waals surface area contributed by atoms with E-state index in [9.17, 15) is 4.79 Å². The first-order valence-corrected chi connectivity index (χ1v) is 10.3. The van der Waals surface area contributed by atoms with Crippen LogP contribution >= 0.6 is 0 Å². The number of nitrogens with one attached hydrogen (secondary N) is 1. The smallest absolute Gasteiger partial charge is 0.224 e. The van der Waals surface area contributed by atoms with Crippen LogP contribution in [0.2, 0.25) is 0 Å². The van der Waals surface area contributed by atoms with Crippen molar-refractivity contribution in [1.29, 1.82) is 0 Å². The topological polar surface area (TPSA) is 35.6 Å². The number of anilines is 2. The van der Waals surface area contributed by atoms with Crippen LogP contribution in [0.3, 0.4) is 0 Å². The molecule has 150 valence electrons. The van der Waals surface area contributed by atoms with Crippen LogP contribution in [-0.4, -0.2) is 43.5 Å². The van der Waals surface area contributed by atoms with E-state index < -0.39 is 0 Å². The van der Waals surface area contributed by atoms with E-state index in [1.807, 2.05) is 4.90 Å². The molecular formula is C24H33N3O. The summed E-state index contributed by atoms with van der Waals surface area (Å²) in [6, 6.07) is 17.1. The van der Waals surface area contributed by atoms with Crippen molar-refractivity contribution in [3.63, 3.8) is 0 Å². The number of hydrogen-bond acceptors (Lipinski definition) is 3. The zero-order chi connectivity index (χ0) is 20.1. The van der Waals surface area contributed by atoms with Gasteiger partial charge in [-0.1, -0.05) is 45.0 Å². The van der Waals surface area contributed by atoms with E-state index in [0.717, 1.165) is 31.9 Å². The molecular weight excluding hydrogens is 346 g/mol. The summed E-state index contributed by atoms with van der Waals surface area (Å²) in [6.45, 7) is 12.8. The molecule has 0 spiro atoms. The fourth-order valence-electron chi connectivity index (χ4n) is 3.60. The van der Waals surface area contributed by atoms with Crippen LogP contribution in [0.1, 0.15) is 38.3 Å². The molecule has 1 amide bonds. The van der Waals surface area contributed by atoms with Crippen LogP contribution < -0.4 is 10.2 Å². The van der Waals surface area contributed by atoms with E-state index >= 15 is 0 Å². The first kappa shape index (κ1) is 20.2. The van der Waals surface area contributed by atoms with Gasteiger partial charge in [-0.3, -0.25) is 4.79 Å². The lowest BCUT2D eigenvalue weighted by molar-refractivity contribution is -0.131. The van der Waals surface area contributed by atoms with Gasteiger partial charge in [0.2, 0.25) is 5.91 Å². The molecule has 1 saturated heterocycles. The summed E-state index contributed by atoms with van der Waals surface area (Å²) in [4.78, 5) is 16.9. The standard InChI is InChI=1S/C24H33N3O/c1-19-6-5-7-22(18-19)26-14-16-27(17-15-26)23(28)12-13-25-21-10-8-20(9-11-21)24(2,3)4/h5-11,18,25H,12-17H2,1-4H3. The number of rotatable bonds is 5. The van der Waals surface area contributed by atoms with Gasteiger partial charge >= 0.3 is 0 Å². The molecule has 2 aromatic carbocycles. The molecule has 0 aliphatic carbocycles. The van der Waals surface area contributed by atoms with Crippen LogP contribution in [0.15, 0.2) is 48.5 Å². The second-order valence-corrected chi connectivity index (χ2v) is 8.71. The molecule has 0 bridgehead atoms. The normalized spacial score (nSPS) is 14.9. The van der Waals surface area contributed by atoms with Crippen molar-refractivity contribution in [1.82, 2.24) is 4.90 Å². The van der Waals surface area contributed by atoms with Crippen LogP contribution in [0, 0.1) is 6.92 Å². The van der Waals surface area contributed by atoms with Crippen molar-refractivity contribution in [2.75, 3.05) is 42.9 Å². The van der Waals surface area contributed by atoms with Crippen molar-refractivity contribution < 1.29 is 4.79 Å². The first-order valence-electron chi connectivity index (χ1n) is 10.3. The van der Waals surface area contributed by atoms with Crippen molar-refractivity contribution >= 4 is 17.3 Å². The third-order valence-corrected chi connectivity index (χ3v) is 5.42. The van der Waals surface area contributed by atoms with Crippen LogP contribution in [0.4, 0.5) is 11.4 Å². The number of piperazine rings is 1. The Labute approximate surface area is 169 Å². The molecule has 1 N–H and O–H groups in total. The third kappa shape index (κ3) is 5.28. The van der Waals surface area contributed by atoms with Crippen molar-refractivity contribution in [3.05, 3.63) is 59.7 Å².